The fourth-order valence-electron chi connectivity index (χ4n) is 0.783. The summed E-state index contributed by atoms with van der Waals surface area (Å²) in [4.78, 5) is 4.03. The molecular formula is C7H10ClNO. The molecule has 2 nitrogen and oxygen atoms in total. The molecule has 1 atom stereocenters. The Labute approximate surface area is 65.5 Å². The molecule has 0 N–H and O–H groups in total. The van der Waals surface area contributed by atoms with E-state index in [1.165, 1.54) is 0 Å². The predicted octanol–water partition coefficient (Wildman–Crippen LogP) is 1.80. The van der Waals surface area contributed by atoms with Gasteiger partial charge in [0.2, 0.25) is 5.88 Å². The van der Waals surface area contributed by atoms with Crippen LogP contribution in [-0.4, -0.2) is 19.2 Å². The van der Waals surface area contributed by atoms with Crippen LogP contribution in [0.15, 0.2) is 17.0 Å². The van der Waals surface area contributed by atoms with Crippen molar-refractivity contribution in [3.8, 4) is 0 Å². The first kappa shape index (κ1) is 7.61. The van der Waals surface area contributed by atoms with Crippen molar-refractivity contribution in [2.24, 2.45) is 10.9 Å². The summed E-state index contributed by atoms with van der Waals surface area (Å²) in [5, 5.41) is 0. The molecule has 1 aliphatic heterocycles. The largest absolute Gasteiger partial charge is 0.481 e. The van der Waals surface area contributed by atoms with Crippen LogP contribution in [0.4, 0.5) is 0 Å². The minimum absolute atomic E-state index is 0.389. The smallest absolute Gasteiger partial charge is 0.208 e. The number of rotatable bonds is 2. The second kappa shape index (κ2) is 3.62. The van der Waals surface area contributed by atoms with Gasteiger partial charge in [0.05, 0.1) is 7.11 Å². The molecule has 0 aromatic heterocycles. The molecule has 0 bridgehead atoms. The van der Waals surface area contributed by atoms with E-state index in [0.717, 1.165) is 6.42 Å². The minimum atomic E-state index is 0.389. The summed E-state index contributed by atoms with van der Waals surface area (Å²) >= 11 is 5.61. The van der Waals surface area contributed by atoms with Gasteiger partial charge in [-0.25, -0.2) is 4.99 Å². The Morgan fingerprint density at radius 2 is 2.70 bits per heavy atom. The van der Waals surface area contributed by atoms with Crippen LogP contribution in [0.25, 0.3) is 0 Å². The lowest BCUT2D eigenvalue weighted by molar-refractivity contribution is 0.284. The Bertz CT molecular complexity index is 165. The maximum Gasteiger partial charge on any atom is 0.208 e. The van der Waals surface area contributed by atoms with E-state index in [2.05, 4.69) is 4.99 Å². The van der Waals surface area contributed by atoms with Crippen molar-refractivity contribution < 1.29 is 4.74 Å². The zero-order valence-corrected chi connectivity index (χ0v) is 6.64. The molecule has 10 heavy (non-hydrogen) atoms. The molecule has 56 valence electrons. The Hall–Kier alpha value is -0.500. The van der Waals surface area contributed by atoms with Gasteiger partial charge in [-0.2, -0.15) is 0 Å². The Morgan fingerprint density at radius 1 is 1.90 bits per heavy atom. The summed E-state index contributed by atoms with van der Waals surface area (Å²) in [5.74, 6) is 1.72. The fraction of sp³-hybridized carbons (Fsp3) is 0.571. The Morgan fingerprint density at radius 3 is 3.10 bits per heavy atom. The zero-order chi connectivity index (χ0) is 7.40. The van der Waals surface area contributed by atoms with Gasteiger partial charge >= 0.3 is 0 Å². The predicted molar refractivity (Wildman–Crippen MR) is 42.4 cm³/mol. The van der Waals surface area contributed by atoms with Crippen LogP contribution in [0.2, 0.25) is 0 Å². The highest BCUT2D eigenvalue weighted by atomic mass is 35.5. The van der Waals surface area contributed by atoms with E-state index < -0.39 is 0 Å². The van der Waals surface area contributed by atoms with Gasteiger partial charge in [0, 0.05) is 18.0 Å². The molecule has 1 aliphatic rings. The van der Waals surface area contributed by atoms with Gasteiger partial charge in [0.25, 0.3) is 0 Å². The first-order valence-corrected chi connectivity index (χ1v) is 3.74. The van der Waals surface area contributed by atoms with Gasteiger partial charge in [-0.15, -0.1) is 11.6 Å². The highest BCUT2D eigenvalue weighted by Gasteiger charge is 2.07. The third-order valence-corrected chi connectivity index (χ3v) is 1.81. The number of alkyl halides is 1. The molecule has 0 saturated carbocycles. The normalized spacial score (nSPS) is 24.2. The molecule has 0 aliphatic carbocycles. The molecule has 1 heterocycles. The van der Waals surface area contributed by atoms with Crippen molar-refractivity contribution in [1.82, 2.24) is 0 Å². The fourth-order valence-corrected chi connectivity index (χ4v) is 0.989. The summed E-state index contributed by atoms with van der Waals surface area (Å²) in [7, 11) is 1.62. The minimum Gasteiger partial charge on any atom is -0.481 e. The van der Waals surface area contributed by atoms with Crippen molar-refractivity contribution in [1.29, 1.82) is 0 Å². The van der Waals surface area contributed by atoms with Crippen molar-refractivity contribution in [3.63, 3.8) is 0 Å². The number of allylic oxidation sites excluding steroid dienone is 1. The average Bonchev–Trinajstić information content (AvgIpc) is 2.05. The number of hydrogen-bond acceptors (Lipinski definition) is 2. The van der Waals surface area contributed by atoms with Crippen molar-refractivity contribution in [3.05, 3.63) is 12.0 Å². The van der Waals surface area contributed by atoms with Crippen LogP contribution in [-0.2, 0) is 4.74 Å². The molecular weight excluding hydrogens is 150 g/mol. The maximum absolute atomic E-state index is 5.61. The molecule has 1 unspecified atom stereocenters. The van der Waals surface area contributed by atoms with E-state index in [-0.39, 0.29) is 0 Å². The number of aliphatic imine (C=N–C) groups is 1. The number of methoxy groups -OCH3 is 1. The first-order chi connectivity index (χ1) is 4.86. The van der Waals surface area contributed by atoms with Gasteiger partial charge in [-0.3, -0.25) is 0 Å². The molecule has 0 aromatic carbocycles. The SMILES string of the molecule is COC1=CCC(CCl)C=N1. The average molecular weight is 160 g/mol. The Kier molecular flexibility index (Phi) is 2.75. The second-order valence-corrected chi connectivity index (χ2v) is 2.48. The van der Waals surface area contributed by atoms with Crippen LogP contribution in [0.1, 0.15) is 6.42 Å². The van der Waals surface area contributed by atoms with E-state index in [1.54, 1.807) is 7.11 Å². The van der Waals surface area contributed by atoms with Gasteiger partial charge in [0.1, 0.15) is 0 Å². The molecule has 3 heteroatoms. The van der Waals surface area contributed by atoms with Crippen molar-refractivity contribution >= 4 is 17.8 Å². The molecule has 0 spiro atoms. The molecule has 1 rings (SSSR count). The van der Waals surface area contributed by atoms with E-state index in [4.69, 9.17) is 16.3 Å². The monoisotopic (exact) mass is 159 g/mol. The number of hydrogen-bond donors (Lipinski definition) is 0. The lowest BCUT2D eigenvalue weighted by Crippen LogP contribution is -2.07. The van der Waals surface area contributed by atoms with E-state index in [1.807, 2.05) is 12.3 Å². The second-order valence-electron chi connectivity index (χ2n) is 2.17. The molecule has 0 amide bonds. The van der Waals surface area contributed by atoms with E-state index in [0.29, 0.717) is 17.7 Å². The van der Waals surface area contributed by atoms with Gasteiger partial charge < -0.3 is 4.74 Å². The summed E-state index contributed by atoms with van der Waals surface area (Å²) in [6, 6.07) is 0. The highest BCUT2D eigenvalue weighted by molar-refractivity contribution is 6.18. The van der Waals surface area contributed by atoms with Crippen LogP contribution in [0.5, 0.6) is 0 Å². The third-order valence-electron chi connectivity index (χ3n) is 1.42. The first-order valence-electron chi connectivity index (χ1n) is 3.21. The van der Waals surface area contributed by atoms with E-state index in [9.17, 15) is 0 Å². The molecule has 0 fully saturated rings. The van der Waals surface area contributed by atoms with Crippen LogP contribution in [0, 0.1) is 5.92 Å². The molecule has 0 saturated heterocycles. The van der Waals surface area contributed by atoms with Crippen molar-refractivity contribution in [2.75, 3.05) is 13.0 Å². The number of ether oxygens (including phenoxy) is 1. The topological polar surface area (TPSA) is 21.6 Å². The van der Waals surface area contributed by atoms with Crippen LogP contribution < -0.4 is 0 Å². The molecule has 0 radical (unpaired) electrons. The maximum atomic E-state index is 5.61. The highest BCUT2D eigenvalue weighted by Crippen LogP contribution is 2.13. The lowest BCUT2D eigenvalue weighted by atomic mass is 10.1. The summed E-state index contributed by atoms with van der Waals surface area (Å²) in [5.41, 5.74) is 0. The standard InChI is InChI=1S/C7H10ClNO/c1-10-7-3-2-6(4-8)5-9-7/h3,5-6H,2,4H2,1H3. The van der Waals surface area contributed by atoms with E-state index >= 15 is 0 Å². The summed E-state index contributed by atoms with van der Waals surface area (Å²) in [6.07, 6.45) is 4.73. The van der Waals surface area contributed by atoms with Crippen LogP contribution in [0.3, 0.4) is 0 Å². The van der Waals surface area contributed by atoms with Gasteiger partial charge in [-0.05, 0) is 12.5 Å². The van der Waals surface area contributed by atoms with Crippen molar-refractivity contribution in [2.45, 2.75) is 6.42 Å². The number of nitrogens with zero attached hydrogens (tertiary/aromatic N) is 1. The van der Waals surface area contributed by atoms with Gasteiger partial charge in [-0.1, -0.05) is 0 Å². The van der Waals surface area contributed by atoms with Crippen LogP contribution >= 0.6 is 11.6 Å². The number of halogens is 1. The summed E-state index contributed by atoms with van der Waals surface area (Å²) in [6.45, 7) is 0. The zero-order valence-electron chi connectivity index (χ0n) is 5.88. The Balaban J connectivity index is 2.46. The summed E-state index contributed by atoms with van der Waals surface area (Å²) < 4.78 is 4.90. The molecule has 0 aromatic rings. The van der Waals surface area contributed by atoms with Gasteiger partial charge in [0.15, 0.2) is 0 Å². The quantitative estimate of drug-likeness (QED) is 0.563. The lowest BCUT2D eigenvalue weighted by Gasteiger charge is -2.10. The third kappa shape index (κ3) is 1.74.